The second-order valence-electron chi connectivity index (χ2n) is 7.85. The molecule has 0 spiro atoms. The van der Waals surface area contributed by atoms with Gasteiger partial charge in [0.05, 0.1) is 12.1 Å². The summed E-state index contributed by atoms with van der Waals surface area (Å²) in [5, 5.41) is 18.5. The normalized spacial score (nSPS) is 16.9. The summed E-state index contributed by atoms with van der Waals surface area (Å²) < 4.78 is 5.25. The van der Waals surface area contributed by atoms with Gasteiger partial charge in [-0.3, -0.25) is 4.79 Å². The van der Waals surface area contributed by atoms with Crippen molar-refractivity contribution in [2.75, 3.05) is 12.4 Å². The van der Waals surface area contributed by atoms with Crippen LogP contribution in [0.5, 0.6) is 5.75 Å². The zero-order chi connectivity index (χ0) is 22.9. The molecule has 0 bridgehead atoms. The quantitative estimate of drug-likeness (QED) is 0.375. The van der Waals surface area contributed by atoms with E-state index in [9.17, 15) is 4.79 Å². The van der Waals surface area contributed by atoms with E-state index in [1.165, 1.54) is 0 Å². The van der Waals surface area contributed by atoms with Crippen molar-refractivity contribution in [3.8, 4) is 28.3 Å². The van der Waals surface area contributed by atoms with Gasteiger partial charge >= 0.3 is 0 Å². The fourth-order valence-corrected chi connectivity index (χ4v) is 4.36. The number of halogens is 2. The van der Waals surface area contributed by atoms with E-state index in [1.807, 2.05) is 54.6 Å². The third-order valence-electron chi connectivity index (χ3n) is 5.78. The molecule has 3 aromatic carbocycles. The topological polar surface area (TPSA) is 92.8 Å². The van der Waals surface area contributed by atoms with E-state index >= 15 is 0 Å². The third kappa shape index (κ3) is 4.42. The molecule has 2 unspecified atom stereocenters. The number of rotatable bonds is 6. The number of amides is 1. The van der Waals surface area contributed by atoms with E-state index in [2.05, 4.69) is 25.9 Å². The van der Waals surface area contributed by atoms with Gasteiger partial charge in [0.2, 0.25) is 5.91 Å². The van der Waals surface area contributed by atoms with E-state index in [1.54, 1.807) is 13.2 Å². The molecule has 1 amide bonds. The fraction of sp³-hybridized carbons (Fsp3) is 0.167. The summed E-state index contributed by atoms with van der Waals surface area (Å²) >= 11 is 12.3. The van der Waals surface area contributed by atoms with Gasteiger partial charge in [0.25, 0.3) is 0 Å². The summed E-state index contributed by atoms with van der Waals surface area (Å²) in [5.74, 6) is 1.20. The van der Waals surface area contributed by atoms with Gasteiger partial charge in [-0.2, -0.15) is 0 Å². The van der Waals surface area contributed by atoms with Crippen LogP contribution in [0.2, 0.25) is 10.0 Å². The second kappa shape index (κ2) is 8.84. The van der Waals surface area contributed by atoms with Crippen LogP contribution < -0.4 is 10.1 Å². The summed E-state index contributed by atoms with van der Waals surface area (Å²) in [6.45, 7) is 0. The van der Waals surface area contributed by atoms with E-state index in [0.717, 1.165) is 28.7 Å². The fourth-order valence-electron chi connectivity index (χ4n) is 3.97. The molecule has 1 aliphatic rings. The van der Waals surface area contributed by atoms with Crippen LogP contribution in [0, 0.1) is 5.92 Å². The lowest BCUT2D eigenvalue weighted by Gasteiger charge is -2.12. The highest BCUT2D eigenvalue weighted by Gasteiger charge is 2.43. The first kappa shape index (κ1) is 21.4. The average Bonchev–Trinajstić information content (AvgIpc) is 3.44. The number of hydrogen-bond acceptors (Lipinski definition) is 5. The molecule has 2 atom stereocenters. The van der Waals surface area contributed by atoms with Crippen LogP contribution >= 0.6 is 23.2 Å². The lowest BCUT2D eigenvalue weighted by Crippen LogP contribution is -2.14. The monoisotopic (exact) mass is 479 g/mol. The molecular formula is C24H19Cl2N5O2. The van der Waals surface area contributed by atoms with Crippen molar-refractivity contribution in [2.24, 2.45) is 5.92 Å². The molecule has 1 heterocycles. The first-order chi connectivity index (χ1) is 16.0. The van der Waals surface area contributed by atoms with Crippen LogP contribution in [-0.4, -0.2) is 33.6 Å². The van der Waals surface area contributed by atoms with Gasteiger partial charge in [-0.1, -0.05) is 47.5 Å². The minimum Gasteiger partial charge on any atom is -0.495 e. The van der Waals surface area contributed by atoms with Crippen LogP contribution in [-0.2, 0) is 4.79 Å². The number of hydrogen-bond donors (Lipinski definition) is 2. The number of aromatic nitrogens is 4. The number of nitrogens with one attached hydrogen (secondary N) is 2. The van der Waals surface area contributed by atoms with Crippen molar-refractivity contribution in [3.63, 3.8) is 0 Å². The largest absolute Gasteiger partial charge is 0.495 e. The van der Waals surface area contributed by atoms with Crippen molar-refractivity contribution in [1.29, 1.82) is 0 Å². The van der Waals surface area contributed by atoms with Crippen LogP contribution in [0.4, 0.5) is 5.69 Å². The lowest BCUT2D eigenvalue weighted by atomic mass is 9.98. The van der Waals surface area contributed by atoms with Gasteiger partial charge in [0.15, 0.2) is 5.82 Å². The van der Waals surface area contributed by atoms with E-state index < -0.39 is 0 Å². The number of tetrazole rings is 1. The van der Waals surface area contributed by atoms with Gasteiger partial charge in [-0.25, -0.2) is 5.10 Å². The number of nitrogens with zero attached hydrogens (tertiary/aromatic N) is 3. The minimum atomic E-state index is -0.0679. The highest BCUT2D eigenvalue weighted by Crippen LogP contribution is 2.48. The predicted molar refractivity (Wildman–Crippen MR) is 128 cm³/mol. The number of ether oxygens (including phenoxy) is 1. The summed E-state index contributed by atoms with van der Waals surface area (Å²) in [5.41, 5.74) is 4.26. The van der Waals surface area contributed by atoms with Gasteiger partial charge in [-0.05, 0) is 75.9 Å². The number of anilines is 1. The van der Waals surface area contributed by atoms with Crippen molar-refractivity contribution >= 4 is 34.8 Å². The van der Waals surface area contributed by atoms with E-state index in [4.69, 9.17) is 27.9 Å². The molecule has 9 heteroatoms. The SMILES string of the molecule is COc1ccc(-c2ccc(NC(=O)C3CC3c3ccc(Cl)cc3)cc2-c2nnn[nH]2)cc1Cl. The Labute approximate surface area is 200 Å². The van der Waals surface area contributed by atoms with Crippen molar-refractivity contribution in [1.82, 2.24) is 20.6 Å². The molecular weight excluding hydrogens is 461 g/mol. The molecule has 1 fully saturated rings. The van der Waals surface area contributed by atoms with E-state index in [-0.39, 0.29) is 17.7 Å². The number of benzene rings is 3. The van der Waals surface area contributed by atoms with Crippen LogP contribution in [0.1, 0.15) is 17.9 Å². The molecule has 33 heavy (non-hydrogen) atoms. The lowest BCUT2D eigenvalue weighted by molar-refractivity contribution is -0.117. The Hall–Kier alpha value is -3.42. The number of aromatic amines is 1. The number of carbonyl (C=O) groups excluding carboxylic acids is 1. The van der Waals surface area contributed by atoms with Crippen molar-refractivity contribution < 1.29 is 9.53 Å². The first-order valence-electron chi connectivity index (χ1n) is 10.3. The summed E-state index contributed by atoms with van der Waals surface area (Å²) in [4.78, 5) is 12.9. The average molecular weight is 480 g/mol. The van der Waals surface area contributed by atoms with Gasteiger partial charge in [-0.15, -0.1) is 5.10 Å². The maximum atomic E-state index is 12.9. The zero-order valence-electron chi connectivity index (χ0n) is 17.5. The highest BCUT2D eigenvalue weighted by atomic mass is 35.5. The molecule has 2 N–H and O–H groups in total. The molecule has 1 aliphatic carbocycles. The Morgan fingerprint density at radius 3 is 2.58 bits per heavy atom. The summed E-state index contributed by atoms with van der Waals surface area (Å²) in [6.07, 6.45) is 0.814. The number of carbonyl (C=O) groups is 1. The standard InChI is InChI=1S/C24H19Cl2N5O2/c1-33-22-9-4-14(10-21(22)26)17-8-7-16(11-19(17)23-28-30-31-29-23)27-24(32)20-12-18(20)13-2-5-15(25)6-3-13/h2-11,18,20H,12H2,1H3,(H,27,32)(H,28,29,30,31). The molecule has 1 saturated carbocycles. The minimum absolute atomic E-state index is 0.0168. The Kier molecular flexibility index (Phi) is 5.74. The summed E-state index contributed by atoms with van der Waals surface area (Å²) in [7, 11) is 1.57. The molecule has 5 rings (SSSR count). The zero-order valence-corrected chi connectivity index (χ0v) is 19.1. The molecule has 0 saturated heterocycles. The van der Waals surface area contributed by atoms with Crippen molar-refractivity contribution in [2.45, 2.75) is 12.3 Å². The Balaban J connectivity index is 1.40. The summed E-state index contributed by atoms with van der Waals surface area (Å²) in [6, 6.07) is 18.8. The van der Waals surface area contributed by atoms with Crippen molar-refractivity contribution in [3.05, 3.63) is 76.3 Å². The molecule has 1 aromatic heterocycles. The van der Waals surface area contributed by atoms with E-state index in [0.29, 0.717) is 27.3 Å². The molecule has 166 valence electrons. The predicted octanol–water partition coefficient (Wildman–Crippen LogP) is 5.59. The Morgan fingerprint density at radius 2 is 1.88 bits per heavy atom. The van der Waals surface area contributed by atoms with Crippen LogP contribution in [0.3, 0.4) is 0 Å². The second-order valence-corrected chi connectivity index (χ2v) is 8.69. The first-order valence-corrected chi connectivity index (χ1v) is 11.1. The van der Waals surface area contributed by atoms with Crippen LogP contribution in [0.15, 0.2) is 60.7 Å². The maximum absolute atomic E-state index is 12.9. The number of H-pyrrole nitrogens is 1. The van der Waals surface area contributed by atoms with Gasteiger partial charge < -0.3 is 10.1 Å². The smallest absolute Gasteiger partial charge is 0.228 e. The third-order valence-corrected chi connectivity index (χ3v) is 6.32. The Morgan fingerprint density at radius 1 is 1.06 bits per heavy atom. The Bertz CT molecular complexity index is 1310. The molecule has 0 radical (unpaired) electrons. The van der Waals surface area contributed by atoms with Gasteiger partial charge in [0.1, 0.15) is 5.75 Å². The molecule has 4 aromatic rings. The number of methoxy groups -OCH3 is 1. The molecule has 7 nitrogen and oxygen atoms in total. The van der Waals surface area contributed by atoms with Gasteiger partial charge in [0, 0.05) is 22.2 Å². The van der Waals surface area contributed by atoms with Crippen LogP contribution in [0.25, 0.3) is 22.5 Å². The maximum Gasteiger partial charge on any atom is 0.228 e. The highest BCUT2D eigenvalue weighted by molar-refractivity contribution is 6.32. The molecule has 0 aliphatic heterocycles.